The minimum atomic E-state index is -1.63. The van der Waals surface area contributed by atoms with Crippen molar-refractivity contribution in [2.75, 3.05) is 19.5 Å². The maximum absolute atomic E-state index is 12.6. The Labute approximate surface area is 152 Å². The lowest BCUT2D eigenvalue weighted by Gasteiger charge is -2.28. The number of hydrogen-bond acceptors (Lipinski definition) is 7. The molecule has 0 bridgehead atoms. The fourth-order valence-electron chi connectivity index (χ4n) is 3.40. The number of carbonyl (C=O) groups is 2. The summed E-state index contributed by atoms with van der Waals surface area (Å²) in [6.07, 6.45) is 2.60. The van der Waals surface area contributed by atoms with Crippen LogP contribution in [-0.4, -0.2) is 41.3 Å². The zero-order valence-corrected chi connectivity index (χ0v) is 15.4. The predicted molar refractivity (Wildman–Crippen MR) is 91.7 cm³/mol. The largest absolute Gasteiger partial charge is 0.618 e. The van der Waals surface area contributed by atoms with Crippen LogP contribution in [0.2, 0.25) is 0 Å². The molecule has 0 N–H and O–H groups in total. The molecule has 138 valence electrons. The third kappa shape index (κ3) is 2.92. The number of cyclic esters (lactones) is 1. The molecule has 26 heavy (non-hydrogen) atoms. The SMILES string of the molecule is CCOC(=O)C1=C(C)N=C2COC(=O)C2C1c1ccc[n+]([O-])c1S(C)=O. The molecule has 2 aliphatic rings. The van der Waals surface area contributed by atoms with Gasteiger partial charge in [-0.1, -0.05) is 0 Å². The first-order valence-electron chi connectivity index (χ1n) is 8.04. The highest BCUT2D eigenvalue weighted by molar-refractivity contribution is 7.84. The van der Waals surface area contributed by atoms with E-state index >= 15 is 0 Å². The number of allylic oxidation sites excluding steroid dienone is 1. The van der Waals surface area contributed by atoms with Crippen molar-refractivity contribution in [3.05, 3.63) is 40.4 Å². The zero-order chi connectivity index (χ0) is 19.0. The van der Waals surface area contributed by atoms with Crippen LogP contribution >= 0.6 is 0 Å². The number of ether oxygens (including phenoxy) is 2. The van der Waals surface area contributed by atoms with E-state index in [1.807, 2.05) is 0 Å². The second kappa shape index (κ2) is 6.99. The van der Waals surface area contributed by atoms with Gasteiger partial charge in [-0.15, -0.1) is 0 Å². The lowest BCUT2D eigenvalue weighted by atomic mass is 9.76. The van der Waals surface area contributed by atoms with E-state index in [0.717, 1.165) is 0 Å². The van der Waals surface area contributed by atoms with Crippen molar-refractivity contribution < 1.29 is 28.0 Å². The Hall–Kier alpha value is -2.55. The zero-order valence-electron chi connectivity index (χ0n) is 14.6. The van der Waals surface area contributed by atoms with Gasteiger partial charge < -0.3 is 14.7 Å². The first kappa shape index (κ1) is 18.2. The van der Waals surface area contributed by atoms with Crippen LogP contribution in [0.15, 0.2) is 39.6 Å². The molecule has 3 rings (SSSR count). The molecular weight excluding hydrogens is 360 g/mol. The number of nitrogens with zero attached hydrogens (tertiary/aromatic N) is 2. The van der Waals surface area contributed by atoms with Crippen molar-refractivity contribution in [1.29, 1.82) is 0 Å². The number of carbonyl (C=O) groups excluding carboxylic acids is 2. The second-order valence-corrected chi connectivity index (χ2v) is 7.23. The highest BCUT2D eigenvalue weighted by atomic mass is 32.2. The quantitative estimate of drug-likeness (QED) is 0.431. The number of aliphatic imine (C=N–C) groups is 1. The Morgan fingerprint density at radius 1 is 1.50 bits per heavy atom. The average Bonchev–Trinajstić information content (AvgIpc) is 2.93. The Morgan fingerprint density at radius 3 is 2.88 bits per heavy atom. The molecule has 0 aromatic carbocycles. The fourth-order valence-corrected chi connectivity index (χ4v) is 4.24. The normalized spacial score (nSPS) is 23.2. The monoisotopic (exact) mass is 378 g/mol. The van der Waals surface area contributed by atoms with Crippen LogP contribution in [0, 0.1) is 11.1 Å². The van der Waals surface area contributed by atoms with Gasteiger partial charge in [-0.05, 0) is 19.9 Å². The van der Waals surface area contributed by atoms with Crippen LogP contribution in [0.5, 0.6) is 0 Å². The molecule has 8 nitrogen and oxygen atoms in total. The van der Waals surface area contributed by atoms with Gasteiger partial charge in [0.05, 0.1) is 17.9 Å². The van der Waals surface area contributed by atoms with E-state index in [1.165, 1.54) is 18.5 Å². The Bertz CT molecular complexity index is 876. The van der Waals surface area contributed by atoms with Crippen LogP contribution in [-0.2, 0) is 29.9 Å². The van der Waals surface area contributed by atoms with Crippen LogP contribution in [0.4, 0.5) is 0 Å². The summed E-state index contributed by atoms with van der Waals surface area (Å²) >= 11 is 0. The number of hydrogen-bond donors (Lipinski definition) is 0. The van der Waals surface area contributed by atoms with Crippen molar-refractivity contribution >= 4 is 28.4 Å². The highest BCUT2D eigenvalue weighted by Crippen LogP contribution is 2.43. The predicted octanol–water partition coefficient (Wildman–Crippen LogP) is 0.606. The molecule has 3 unspecified atom stereocenters. The summed E-state index contributed by atoms with van der Waals surface area (Å²) in [6, 6.07) is 3.08. The minimum absolute atomic E-state index is 0.00644. The van der Waals surface area contributed by atoms with Gasteiger partial charge in [-0.2, -0.15) is 4.73 Å². The molecular formula is C17H18N2O6S. The van der Waals surface area contributed by atoms with Crippen molar-refractivity contribution in [2.24, 2.45) is 10.9 Å². The molecule has 3 heterocycles. The van der Waals surface area contributed by atoms with Crippen LogP contribution < -0.4 is 4.73 Å². The van der Waals surface area contributed by atoms with E-state index < -0.39 is 34.6 Å². The number of rotatable bonds is 4. The fraction of sp³-hybridized carbons (Fsp3) is 0.412. The summed E-state index contributed by atoms with van der Waals surface area (Å²) in [5.41, 5.74) is 1.39. The van der Waals surface area contributed by atoms with Gasteiger partial charge in [0.1, 0.15) is 23.3 Å². The number of fused-ring (bicyclic) bond motifs is 1. The van der Waals surface area contributed by atoms with Gasteiger partial charge in [0.2, 0.25) is 0 Å². The summed E-state index contributed by atoms with van der Waals surface area (Å²) in [6.45, 7) is 3.49. The molecule has 1 fully saturated rings. The van der Waals surface area contributed by atoms with E-state index in [2.05, 4.69) is 4.99 Å². The van der Waals surface area contributed by atoms with Gasteiger partial charge >= 0.3 is 11.9 Å². The van der Waals surface area contributed by atoms with E-state index in [-0.39, 0.29) is 23.8 Å². The molecule has 0 spiro atoms. The lowest BCUT2D eigenvalue weighted by molar-refractivity contribution is -0.646. The second-order valence-electron chi connectivity index (χ2n) is 5.93. The third-order valence-corrected chi connectivity index (χ3v) is 5.33. The average molecular weight is 378 g/mol. The van der Waals surface area contributed by atoms with Crippen molar-refractivity contribution in [3.63, 3.8) is 0 Å². The standard InChI is InChI=1S/C17H18N2O6S/c1-4-24-16(20)12-9(2)18-11-8-25-17(21)14(11)13(12)10-6-5-7-19(22)15(10)26(3)23/h5-7,13-14H,4,8H2,1-3H3. The van der Waals surface area contributed by atoms with Crippen LogP contribution in [0.3, 0.4) is 0 Å². The van der Waals surface area contributed by atoms with Gasteiger partial charge in [0.15, 0.2) is 6.20 Å². The maximum atomic E-state index is 12.6. The van der Waals surface area contributed by atoms with Crippen LogP contribution in [0.1, 0.15) is 25.3 Å². The molecule has 1 saturated heterocycles. The molecule has 1 aromatic rings. The van der Waals surface area contributed by atoms with E-state index in [4.69, 9.17) is 9.47 Å². The van der Waals surface area contributed by atoms with Crippen molar-refractivity contribution in [2.45, 2.75) is 24.8 Å². The molecule has 0 aliphatic carbocycles. The summed E-state index contributed by atoms with van der Waals surface area (Å²) in [5.74, 6) is -2.83. The Balaban J connectivity index is 2.26. The van der Waals surface area contributed by atoms with E-state index in [0.29, 0.717) is 21.7 Å². The van der Waals surface area contributed by atoms with Gasteiger partial charge in [-0.3, -0.25) is 9.79 Å². The first-order valence-corrected chi connectivity index (χ1v) is 9.60. The first-order chi connectivity index (χ1) is 12.4. The molecule has 0 saturated carbocycles. The summed E-state index contributed by atoms with van der Waals surface area (Å²) in [4.78, 5) is 29.3. The minimum Gasteiger partial charge on any atom is -0.618 e. The van der Waals surface area contributed by atoms with Crippen molar-refractivity contribution in [1.82, 2.24) is 0 Å². The number of pyridine rings is 1. The van der Waals surface area contributed by atoms with Crippen LogP contribution in [0.25, 0.3) is 0 Å². The maximum Gasteiger partial charge on any atom is 0.336 e. The smallest absolute Gasteiger partial charge is 0.336 e. The molecule has 3 atom stereocenters. The van der Waals surface area contributed by atoms with Gasteiger partial charge in [-0.25, -0.2) is 9.00 Å². The molecule has 0 amide bonds. The number of aromatic nitrogens is 1. The van der Waals surface area contributed by atoms with Gasteiger partial charge in [0.25, 0.3) is 5.03 Å². The molecule has 0 radical (unpaired) electrons. The number of esters is 2. The molecule has 2 aliphatic heterocycles. The Morgan fingerprint density at radius 2 is 2.23 bits per heavy atom. The van der Waals surface area contributed by atoms with E-state index in [9.17, 15) is 19.0 Å². The highest BCUT2D eigenvalue weighted by Gasteiger charge is 2.49. The molecule has 1 aromatic heterocycles. The third-order valence-electron chi connectivity index (χ3n) is 4.37. The molecule has 9 heteroatoms. The summed E-state index contributed by atoms with van der Waals surface area (Å²) in [5, 5.41) is 12.2. The Kier molecular flexibility index (Phi) is 4.90. The summed E-state index contributed by atoms with van der Waals surface area (Å²) < 4.78 is 22.9. The summed E-state index contributed by atoms with van der Waals surface area (Å²) in [7, 11) is -1.63. The van der Waals surface area contributed by atoms with Crippen molar-refractivity contribution in [3.8, 4) is 0 Å². The topological polar surface area (TPSA) is 109 Å². The lowest BCUT2D eigenvalue weighted by Crippen LogP contribution is -2.38. The van der Waals surface area contributed by atoms with Gasteiger partial charge in [0, 0.05) is 29.5 Å². The van der Waals surface area contributed by atoms with E-state index in [1.54, 1.807) is 19.9 Å².